The molecule has 1 aliphatic rings. The molecule has 0 atom stereocenters. The molecule has 0 bridgehead atoms. The SMILES string of the molecule is CN1CCN(c2ccc(Nc3nc4cccc(NS(=O)(=O)c5ccccc5)c4o3)cc2)CC1. The highest BCUT2D eigenvalue weighted by molar-refractivity contribution is 7.92. The van der Waals surface area contributed by atoms with Gasteiger partial charge in [0.2, 0.25) is 0 Å². The molecule has 0 spiro atoms. The number of rotatable bonds is 6. The van der Waals surface area contributed by atoms with E-state index >= 15 is 0 Å². The van der Waals surface area contributed by atoms with E-state index in [0.29, 0.717) is 22.8 Å². The van der Waals surface area contributed by atoms with Crippen molar-refractivity contribution >= 4 is 44.2 Å². The zero-order valence-corrected chi connectivity index (χ0v) is 19.0. The van der Waals surface area contributed by atoms with Crippen LogP contribution in [0.1, 0.15) is 0 Å². The van der Waals surface area contributed by atoms with Crippen LogP contribution in [0.2, 0.25) is 0 Å². The lowest BCUT2D eigenvalue weighted by Crippen LogP contribution is -2.44. The Bertz CT molecular complexity index is 1350. The average molecular weight is 464 g/mol. The summed E-state index contributed by atoms with van der Waals surface area (Å²) >= 11 is 0. The molecule has 2 heterocycles. The Kier molecular flexibility index (Phi) is 5.65. The summed E-state index contributed by atoms with van der Waals surface area (Å²) in [7, 11) is -1.60. The molecule has 8 nitrogen and oxygen atoms in total. The van der Waals surface area contributed by atoms with Gasteiger partial charge >= 0.3 is 0 Å². The lowest BCUT2D eigenvalue weighted by atomic mass is 10.2. The molecule has 1 aromatic heterocycles. The molecule has 0 radical (unpaired) electrons. The average Bonchev–Trinajstić information content (AvgIpc) is 3.24. The van der Waals surface area contributed by atoms with E-state index in [0.717, 1.165) is 31.9 Å². The summed E-state index contributed by atoms with van der Waals surface area (Å²) in [4.78, 5) is 9.34. The fraction of sp³-hybridized carbons (Fsp3) is 0.208. The Morgan fingerprint density at radius 2 is 1.61 bits per heavy atom. The molecule has 170 valence electrons. The quantitative estimate of drug-likeness (QED) is 0.444. The predicted octanol–water partition coefficient (Wildman–Crippen LogP) is 4.12. The van der Waals surface area contributed by atoms with Crippen molar-refractivity contribution in [1.29, 1.82) is 0 Å². The third-order valence-electron chi connectivity index (χ3n) is 5.70. The van der Waals surface area contributed by atoms with Crippen LogP contribution in [0.4, 0.5) is 23.1 Å². The fourth-order valence-electron chi connectivity index (χ4n) is 3.83. The van der Waals surface area contributed by atoms with E-state index in [-0.39, 0.29) is 4.90 Å². The number of nitrogens with one attached hydrogen (secondary N) is 2. The Morgan fingerprint density at radius 3 is 2.33 bits per heavy atom. The topological polar surface area (TPSA) is 90.7 Å². The molecule has 0 aliphatic carbocycles. The lowest BCUT2D eigenvalue weighted by molar-refractivity contribution is 0.313. The van der Waals surface area contributed by atoms with Crippen molar-refractivity contribution in [2.24, 2.45) is 0 Å². The summed E-state index contributed by atoms with van der Waals surface area (Å²) in [5.74, 6) is 0. The summed E-state index contributed by atoms with van der Waals surface area (Å²) in [6.07, 6.45) is 0. The van der Waals surface area contributed by atoms with Crippen LogP contribution in [0, 0.1) is 0 Å². The predicted molar refractivity (Wildman–Crippen MR) is 131 cm³/mol. The van der Waals surface area contributed by atoms with Gasteiger partial charge in [-0.3, -0.25) is 4.72 Å². The third kappa shape index (κ3) is 4.64. The molecule has 0 unspecified atom stereocenters. The number of para-hydroxylation sites is 1. The number of hydrogen-bond donors (Lipinski definition) is 2. The summed E-state index contributed by atoms with van der Waals surface area (Å²) in [5, 5.41) is 3.17. The van der Waals surface area contributed by atoms with Gasteiger partial charge in [0.25, 0.3) is 16.0 Å². The highest BCUT2D eigenvalue weighted by atomic mass is 32.2. The molecule has 0 amide bonds. The minimum atomic E-state index is -3.74. The zero-order valence-electron chi connectivity index (χ0n) is 18.2. The largest absolute Gasteiger partial charge is 0.421 e. The number of piperazine rings is 1. The lowest BCUT2D eigenvalue weighted by Gasteiger charge is -2.34. The van der Waals surface area contributed by atoms with Crippen molar-refractivity contribution in [3.05, 3.63) is 72.8 Å². The molecule has 2 N–H and O–H groups in total. The summed E-state index contributed by atoms with van der Waals surface area (Å²) < 4.78 is 33.9. The Labute approximate surface area is 192 Å². The standard InChI is InChI=1S/C24H25N5O3S/c1-28-14-16-29(17-15-28)19-12-10-18(11-13-19)25-24-26-21-8-5-9-22(23(21)32-24)27-33(30,31)20-6-3-2-4-7-20/h2-13,27H,14-17H2,1H3,(H,25,26). The van der Waals surface area contributed by atoms with Crippen LogP contribution in [-0.4, -0.2) is 51.5 Å². The van der Waals surface area contributed by atoms with E-state index in [1.165, 1.54) is 5.69 Å². The maximum Gasteiger partial charge on any atom is 0.300 e. The molecule has 0 saturated carbocycles. The Hall–Kier alpha value is -3.56. The number of likely N-dealkylation sites (N-methyl/N-ethyl adjacent to an activating group) is 1. The molecule has 1 fully saturated rings. The van der Waals surface area contributed by atoms with Gasteiger partial charge in [-0.15, -0.1) is 0 Å². The smallest absolute Gasteiger partial charge is 0.300 e. The fourth-order valence-corrected chi connectivity index (χ4v) is 4.91. The van der Waals surface area contributed by atoms with Gasteiger partial charge < -0.3 is 19.5 Å². The normalized spacial score (nSPS) is 15.0. The van der Waals surface area contributed by atoms with E-state index in [2.05, 4.69) is 44.0 Å². The Morgan fingerprint density at radius 1 is 0.879 bits per heavy atom. The van der Waals surface area contributed by atoms with E-state index in [1.54, 1.807) is 48.5 Å². The minimum Gasteiger partial charge on any atom is -0.421 e. The van der Waals surface area contributed by atoms with Gasteiger partial charge in [-0.05, 0) is 55.6 Å². The molecule has 9 heteroatoms. The number of nitrogens with zero attached hydrogens (tertiary/aromatic N) is 3. The maximum atomic E-state index is 12.7. The highest BCUT2D eigenvalue weighted by Gasteiger charge is 2.18. The summed E-state index contributed by atoms with van der Waals surface area (Å²) in [5.41, 5.74) is 3.28. The molecule has 1 saturated heterocycles. The van der Waals surface area contributed by atoms with Crippen molar-refractivity contribution in [3.63, 3.8) is 0 Å². The van der Waals surface area contributed by atoms with E-state index in [4.69, 9.17) is 4.42 Å². The zero-order chi connectivity index (χ0) is 22.8. The molecule has 5 rings (SSSR count). The second-order valence-electron chi connectivity index (χ2n) is 8.05. The summed E-state index contributed by atoms with van der Waals surface area (Å²) in [6.45, 7) is 4.13. The first-order valence-electron chi connectivity index (χ1n) is 10.8. The van der Waals surface area contributed by atoms with Crippen LogP contribution in [0.25, 0.3) is 11.1 Å². The molecule has 4 aromatic rings. The van der Waals surface area contributed by atoms with Gasteiger partial charge in [0.05, 0.1) is 10.6 Å². The van der Waals surface area contributed by atoms with Gasteiger partial charge in [-0.25, -0.2) is 8.42 Å². The number of benzene rings is 3. The van der Waals surface area contributed by atoms with Crippen LogP contribution in [0.5, 0.6) is 0 Å². The Balaban J connectivity index is 1.34. The first-order chi connectivity index (χ1) is 16.0. The molecule has 33 heavy (non-hydrogen) atoms. The summed E-state index contributed by atoms with van der Waals surface area (Å²) in [6, 6.07) is 21.8. The van der Waals surface area contributed by atoms with Crippen LogP contribution in [0.15, 0.2) is 82.1 Å². The van der Waals surface area contributed by atoms with Gasteiger partial charge in [0.15, 0.2) is 5.58 Å². The number of aromatic nitrogens is 1. The van der Waals surface area contributed by atoms with Crippen molar-refractivity contribution in [2.75, 3.05) is 48.2 Å². The van der Waals surface area contributed by atoms with Crippen LogP contribution in [-0.2, 0) is 10.0 Å². The van der Waals surface area contributed by atoms with E-state index < -0.39 is 10.0 Å². The maximum absolute atomic E-state index is 12.7. The van der Waals surface area contributed by atoms with Crippen molar-refractivity contribution in [3.8, 4) is 0 Å². The van der Waals surface area contributed by atoms with E-state index in [1.807, 2.05) is 12.1 Å². The van der Waals surface area contributed by atoms with Crippen LogP contribution < -0.4 is 14.9 Å². The minimum absolute atomic E-state index is 0.181. The second kappa shape index (κ2) is 8.76. The van der Waals surface area contributed by atoms with Gasteiger partial charge in [-0.1, -0.05) is 24.3 Å². The van der Waals surface area contributed by atoms with Crippen LogP contribution >= 0.6 is 0 Å². The van der Waals surface area contributed by atoms with Crippen molar-refractivity contribution in [2.45, 2.75) is 4.90 Å². The number of anilines is 4. The monoisotopic (exact) mass is 463 g/mol. The van der Waals surface area contributed by atoms with Crippen molar-refractivity contribution < 1.29 is 12.8 Å². The number of hydrogen-bond acceptors (Lipinski definition) is 7. The van der Waals surface area contributed by atoms with Gasteiger partial charge in [0.1, 0.15) is 5.52 Å². The number of sulfonamides is 1. The molecular formula is C24H25N5O3S. The van der Waals surface area contributed by atoms with Crippen molar-refractivity contribution in [1.82, 2.24) is 9.88 Å². The molecule has 3 aromatic carbocycles. The van der Waals surface area contributed by atoms with Gasteiger partial charge in [0, 0.05) is 37.6 Å². The van der Waals surface area contributed by atoms with E-state index in [9.17, 15) is 8.42 Å². The molecular weight excluding hydrogens is 438 g/mol. The highest BCUT2D eigenvalue weighted by Crippen LogP contribution is 2.30. The number of fused-ring (bicyclic) bond motifs is 1. The first kappa shape index (κ1) is 21.3. The first-order valence-corrected chi connectivity index (χ1v) is 12.2. The van der Waals surface area contributed by atoms with Crippen LogP contribution in [0.3, 0.4) is 0 Å². The third-order valence-corrected chi connectivity index (χ3v) is 7.08. The number of oxazole rings is 1. The van der Waals surface area contributed by atoms with Gasteiger partial charge in [-0.2, -0.15) is 4.98 Å². The second-order valence-corrected chi connectivity index (χ2v) is 9.74. The molecule has 1 aliphatic heterocycles.